The van der Waals surface area contributed by atoms with Crippen molar-refractivity contribution in [2.75, 3.05) is 13.7 Å². The molecular weight excluding hydrogens is 277 g/mol. The first-order chi connectivity index (χ1) is 10.0. The van der Waals surface area contributed by atoms with Gasteiger partial charge in [-0.05, 0) is 25.0 Å². The number of nitrogens with zero attached hydrogens (tertiary/aromatic N) is 1. The van der Waals surface area contributed by atoms with E-state index in [1.165, 1.54) is 30.2 Å². The Bertz CT molecular complexity index is 540. The van der Waals surface area contributed by atoms with E-state index in [9.17, 15) is 14.0 Å². The molecule has 1 aromatic rings. The molecule has 5 nitrogen and oxygen atoms in total. The molecule has 0 spiro atoms. The van der Waals surface area contributed by atoms with Gasteiger partial charge in [0.25, 0.3) is 5.91 Å². The number of methoxy groups -OCH3 is 1. The van der Waals surface area contributed by atoms with Gasteiger partial charge in [-0.25, -0.2) is 4.39 Å². The van der Waals surface area contributed by atoms with Crippen LogP contribution in [-0.4, -0.2) is 41.6 Å². The van der Waals surface area contributed by atoms with Crippen molar-refractivity contribution in [3.63, 3.8) is 0 Å². The van der Waals surface area contributed by atoms with Crippen LogP contribution in [0, 0.1) is 5.82 Å². The quantitative estimate of drug-likeness (QED) is 0.905. The first kappa shape index (κ1) is 15.3. The fourth-order valence-electron chi connectivity index (χ4n) is 2.75. The molecule has 1 amide bonds. The fourth-order valence-corrected chi connectivity index (χ4v) is 2.75. The van der Waals surface area contributed by atoms with Crippen LogP contribution >= 0.6 is 0 Å². The van der Waals surface area contributed by atoms with Gasteiger partial charge in [-0.1, -0.05) is 18.9 Å². The highest BCUT2D eigenvalue weighted by Crippen LogP contribution is 2.28. The van der Waals surface area contributed by atoms with E-state index in [0.29, 0.717) is 0 Å². The highest BCUT2D eigenvalue weighted by Gasteiger charge is 2.32. The van der Waals surface area contributed by atoms with Crippen LogP contribution in [0.15, 0.2) is 18.2 Å². The first-order valence-corrected chi connectivity index (χ1v) is 6.90. The van der Waals surface area contributed by atoms with Gasteiger partial charge in [0.05, 0.1) is 7.11 Å². The standard InChI is InChI=1S/C15H18FNO4/c1-21-12-8-4-7-11(16)14(12)15(20)17(9-13(18)19)10-5-2-3-6-10/h4,7-8,10H,2-3,5-6,9H2,1H3,(H,18,19). The van der Waals surface area contributed by atoms with E-state index in [4.69, 9.17) is 9.84 Å². The summed E-state index contributed by atoms with van der Waals surface area (Å²) in [5.74, 6) is -2.31. The van der Waals surface area contributed by atoms with Gasteiger partial charge in [0.15, 0.2) is 0 Å². The number of hydrogen-bond donors (Lipinski definition) is 1. The molecule has 1 aliphatic rings. The Morgan fingerprint density at radius 2 is 2.05 bits per heavy atom. The molecule has 0 saturated heterocycles. The van der Waals surface area contributed by atoms with Crippen LogP contribution in [-0.2, 0) is 4.79 Å². The van der Waals surface area contributed by atoms with Crippen molar-refractivity contribution in [1.82, 2.24) is 4.90 Å². The summed E-state index contributed by atoms with van der Waals surface area (Å²) in [6, 6.07) is 3.95. The average molecular weight is 295 g/mol. The minimum atomic E-state index is -1.11. The predicted molar refractivity (Wildman–Crippen MR) is 73.9 cm³/mol. The van der Waals surface area contributed by atoms with Crippen LogP contribution in [0.2, 0.25) is 0 Å². The lowest BCUT2D eigenvalue weighted by atomic mass is 10.1. The number of carbonyl (C=O) groups is 2. The van der Waals surface area contributed by atoms with Gasteiger partial charge in [-0.15, -0.1) is 0 Å². The van der Waals surface area contributed by atoms with E-state index in [1.807, 2.05) is 0 Å². The third-order valence-electron chi connectivity index (χ3n) is 3.74. The van der Waals surface area contributed by atoms with Crippen molar-refractivity contribution < 1.29 is 23.8 Å². The molecule has 0 bridgehead atoms. The smallest absolute Gasteiger partial charge is 0.323 e. The van der Waals surface area contributed by atoms with Gasteiger partial charge < -0.3 is 14.7 Å². The summed E-state index contributed by atoms with van der Waals surface area (Å²) in [6.45, 7) is -0.430. The monoisotopic (exact) mass is 295 g/mol. The minimum Gasteiger partial charge on any atom is -0.496 e. The third-order valence-corrected chi connectivity index (χ3v) is 3.74. The Morgan fingerprint density at radius 3 is 2.62 bits per heavy atom. The van der Waals surface area contributed by atoms with E-state index in [0.717, 1.165) is 25.7 Å². The zero-order valence-corrected chi connectivity index (χ0v) is 11.8. The van der Waals surface area contributed by atoms with E-state index >= 15 is 0 Å². The van der Waals surface area contributed by atoms with E-state index in [-0.39, 0.29) is 17.4 Å². The normalized spacial score (nSPS) is 15.0. The van der Waals surface area contributed by atoms with Crippen molar-refractivity contribution in [2.24, 2.45) is 0 Å². The summed E-state index contributed by atoms with van der Waals surface area (Å²) < 4.78 is 19.0. The number of rotatable bonds is 5. The summed E-state index contributed by atoms with van der Waals surface area (Å²) in [5.41, 5.74) is -0.201. The van der Waals surface area contributed by atoms with Crippen LogP contribution < -0.4 is 4.74 Å². The lowest BCUT2D eigenvalue weighted by Gasteiger charge is -2.28. The minimum absolute atomic E-state index is 0.119. The van der Waals surface area contributed by atoms with Gasteiger partial charge in [-0.2, -0.15) is 0 Å². The number of carbonyl (C=O) groups excluding carboxylic acids is 1. The van der Waals surface area contributed by atoms with Crippen molar-refractivity contribution in [3.8, 4) is 5.75 Å². The number of aliphatic carboxylic acids is 1. The Hall–Kier alpha value is -2.11. The van der Waals surface area contributed by atoms with Crippen LogP contribution in [0.5, 0.6) is 5.75 Å². The van der Waals surface area contributed by atoms with Crippen molar-refractivity contribution in [1.29, 1.82) is 0 Å². The number of amides is 1. The average Bonchev–Trinajstić information content (AvgIpc) is 2.97. The zero-order valence-electron chi connectivity index (χ0n) is 11.8. The summed E-state index contributed by atoms with van der Waals surface area (Å²) in [7, 11) is 1.35. The van der Waals surface area contributed by atoms with Crippen molar-refractivity contribution >= 4 is 11.9 Å². The van der Waals surface area contributed by atoms with Crippen LogP contribution in [0.4, 0.5) is 4.39 Å². The van der Waals surface area contributed by atoms with Gasteiger partial charge >= 0.3 is 5.97 Å². The van der Waals surface area contributed by atoms with Crippen LogP contribution in [0.1, 0.15) is 36.0 Å². The highest BCUT2D eigenvalue weighted by molar-refractivity contribution is 5.98. The molecular formula is C15H18FNO4. The number of ether oxygens (including phenoxy) is 1. The molecule has 1 aromatic carbocycles. The SMILES string of the molecule is COc1cccc(F)c1C(=O)N(CC(=O)O)C1CCCC1. The summed E-state index contributed by atoms with van der Waals surface area (Å²) in [4.78, 5) is 24.9. The van der Waals surface area contributed by atoms with Crippen molar-refractivity contribution in [3.05, 3.63) is 29.6 Å². The second-order valence-corrected chi connectivity index (χ2v) is 5.08. The number of hydrogen-bond acceptors (Lipinski definition) is 3. The highest BCUT2D eigenvalue weighted by atomic mass is 19.1. The van der Waals surface area contributed by atoms with Crippen molar-refractivity contribution in [2.45, 2.75) is 31.7 Å². The number of carboxylic acid groups (broad SMARTS) is 1. The second-order valence-electron chi connectivity index (χ2n) is 5.08. The van der Waals surface area contributed by atoms with Gasteiger partial charge in [0, 0.05) is 6.04 Å². The Balaban J connectivity index is 2.35. The third kappa shape index (κ3) is 3.32. The molecule has 0 aromatic heterocycles. The molecule has 114 valence electrons. The molecule has 0 heterocycles. The summed E-state index contributed by atoms with van der Waals surface area (Å²) in [5, 5.41) is 9.02. The molecule has 0 aliphatic heterocycles. The van der Waals surface area contributed by atoms with Gasteiger partial charge in [0.2, 0.25) is 0 Å². The number of benzene rings is 1. The Labute approximate surface area is 122 Å². The molecule has 1 aliphatic carbocycles. The molecule has 6 heteroatoms. The molecule has 1 N–H and O–H groups in total. The van der Waals surface area contributed by atoms with E-state index in [1.54, 1.807) is 0 Å². The molecule has 1 saturated carbocycles. The Morgan fingerprint density at radius 1 is 1.38 bits per heavy atom. The largest absolute Gasteiger partial charge is 0.496 e. The number of halogens is 1. The first-order valence-electron chi connectivity index (χ1n) is 6.90. The molecule has 0 atom stereocenters. The summed E-state index contributed by atoms with van der Waals surface area (Å²) >= 11 is 0. The lowest BCUT2D eigenvalue weighted by Crippen LogP contribution is -2.42. The lowest BCUT2D eigenvalue weighted by molar-refractivity contribution is -0.138. The second kappa shape index (κ2) is 6.56. The molecule has 0 radical (unpaired) electrons. The van der Waals surface area contributed by atoms with E-state index in [2.05, 4.69) is 0 Å². The number of carboxylic acids is 1. The molecule has 1 fully saturated rings. The van der Waals surface area contributed by atoms with Gasteiger partial charge in [-0.3, -0.25) is 9.59 Å². The topological polar surface area (TPSA) is 66.8 Å². The predicted octanol–water partition coefficient (Wildman–Crippen LogP) is 2.30. The molecule has 0 unspecified atom stereocenters. The Kier molecular flexibility index (Phi) is 4.77. The maximum atomic E-state index is 14.0. The maximum absolute atomic E-state index is 14.0. The van der Waals surface area contributed by atoms with Crippen LogP contribution in [0.3, 0.4) is 0 Å². The maximum Gasteiger partial charge on any atom is 0.323 e. The zero-order chi connectivity index (χ0) is 15.4. The van der Waals surface area contributed by atoms with E-state index < -0.39 is 24.2 Å². The van der Waals surface area contributed by atoms with Crippen LogP contribution in [0.25, 0.3) is 0 Å². The fraction of sp³-hybridized carbons (Fsp3) is 0.467. The molecule has 2 rings (SSSR count). The van der Waals surface area contributed by atoms with Gasteiger partial charge in [0.1, 0.15) is 23.7 Å². The molecule has 21 heavy (non-hydrogen) atoms. The summed E-state index contributed by atoms with van der Waals surface area (Å²) in [6.07, 6.45) is 3.39.